The number of ether oxygens (including phenoxy) is 1. The molecule has 1 aromatic heterocycles. The fourth-order valence-corrected chi connectivity index (χ4v) is 3.07. The molecule has 1 aliphatic heterocycles. The second kappa shape index (κ2) is 9.06. The minimum Gasteiger partial charge on any atom is -0.390 e. The van der Waals surface area contributed by atoms with Gasteiger partial charge >= 0.3 is 0 Å². The highest BCUT2D eigenvalue weighted by atomic mass is 16.5. The van der Waals surface area contributed by atoms with Crippen molar-refractivity contribution in [2.24, 2.45) is 0 Å². The average Bonchev–Trinajstić information content (AvgIpc) is 2.68. The number of morpholine rings is 1. The van der Waals surface area contributed by atoms with Crippen molar-refractivity contribution in [1.82, 2.24) is 15.2 Å². The van der Waals surface area contributed by atoms with Crippen molar-refractivity contribution in [3.05, 3.63) is 54.4 Å². The smallest absolute Gasteiger partial charge is 0.0791 e. The van der Waals surface area contributed by atoms with Gasteiger partial charge in [0.05, 0.1) is 19.3 Å². The van der Waals surface area contributed by atoms with Crippen LogP contribution in [0.4, 0.5) is 0 Å². The first-order valence-electron chi connectivity index (χ1n) is 8.94. The first-order chi connectivity index (χ1) is 12.2. The number of hydrogen-bond donors (Lipinski definition) is 2. The Kier molecular flexibility index (Phi) is 6.53. The second-order valence-corrected chi connectivity index (χ2v) is 6.56. The molecular formula is C20H27N3O2. The van der Waals surface area contributed by atoms with E-state index in [2.05, 4.69) is 52.5 Å². The minimum absolute atomic E-state index is 0.197. The summed E-state index contributed by atoms with van der Waals surface area (Å²) < 4.78 is 5.34. The van der Waals surface area contributed by atoms with Gasteiger partial charge in [0.15, 0.2) is 0 Å². The van der Waals surface area contributed by atoms with Crippen LogP contribution in [0.15, 0.2) is 48.8 Å². The van der Waals surface area contributed by atoms with Crippen LogP contribution in [-0.2, 0) is 4.74 Å². The SMILES string of the molecule is CC(NCC(O)CN1CCOCC1)c1ccc(-c2cccnc2)cc1. The van der Waals surface area contributed by atoms with Crippen molar-refractivity contribution in [3.8, 4) is 11.1 Å². The van der Waals surface area contributed by atoms with Crippen LogP contribution in [0, 0.1) is 0 Å². The zero-order valence-corrected chi connectivity index (χ0v) is 14.8. The Morgan fingerprint density at radius 1 is 1.16 bits per heavy atom. The van der Waals surface area contributed by atoms with E-state index in [1.165, 1.54) is 5.56 Å². The van der Waals surface area contributed by atoms with Crippen molar-refractivity contribution in [3.63, 3.8) is 0 Å². The van der Waals surface area contributed by atoms with E-state index in [4.69, 9.17) is 4.74 Å². The van der Waals surface area contributed by atoms with Gasteiger partial charge < -0.3 is 15.2 Å². The predicted molar refractivity (Wildman–Crippen MR) is 99.4 cm³/mol. The van der Waals surface area contributed by atoms with E-state index < -0.39 is 0 Å². The molecule has 5 heteroatoms. The zero-order chi connectivity index (χ0) is 17.5. The van der Waals surface area contributed by atoms with Crippen LogP contribution in [0.1, 0.15) is 18.5 Å². The van der Waals surface area contributed by atoms with Crippen LogP contribution in [0.3, 0.4) is 0 Å². The summed E-state index contributed by atoms with van der Waals surface area (Å²) in [6.07, 6.45) is 3.29. The van der Waals surface area contributed by atoms with E-state index in [0.717, 1.165) is 37.4 Å². The number of rotatable bonds is 7. The van der Waals surface area contributed by atoms with Crippen LogP contribution in [0.2, 0.25) is 0 Å². The molecule has 2 heterocycles. The fraction of sp³-hybridized carbons (Fsp3) is 0.450. The molecule has 1 fully saturated rings. The highest BCUT2D eigenvalue weighted by Gasteiger charge is 2.15. The topological polar surface area (TPSA) is 57.6 Å². The molecule has 3 rings (SSSR count). The van der Waals surface area contributed by atoms with Gasteiger partial charge in [0.25, 0.3) is 0 Å². The maximum atomic E-state index is 10.2. The standard InChI is InChI=1S/C20H27N3O2/c1-16(22-14-20(24)15-23-9-11-25-12-10-23)17-4-6-18(7-5-17)19-3-2-8-21-13-19/h2-8,13,16,20,22,24H,9-12,14-15H2,1H3. The third-order valence-electron chi connectivity index (χ3n) is 4.64. The van der Waals surface area contributed by atoms with Crippen LogP contribution in [-0.4, -0.2) is 60.5 Å². The first kappa shape index (κ1) is 18.0. The van der Waals surface area contributed by atoms with Crippen molar-refractivity contribution >= 4 is 0 Å². The lowest BCUT2D eigenvalue weighted by molar-refractivity contribution is 0.0145. The first-order valence-corrected chi connectivity index (χ1v) is 8.94. The molecule has 0 spiro atoms. The molecule has 1 aromatic carbocycles. The Bertz CT molecular complexity index is 627. The Morgan fingerprint density at radius 2 is 1.92 bits per heavy atom. The summed E-state index contributed by atoms with van der Waals surface area (Å²) in [4.78, 5) is 6.42. The normalized spacial score (nSPS) is 18.0. The van der Waals surface area contributed by atoms with E-state index in [1.54, 1.807) is 6.20 Å². The molecule has 1 saturated heterocycles. The largest absolute Gasteiger partial charge is 0.390 e. The molecular weight excluding hydrogens is 314 g/mol. The number of nitrogens with one attached hydrogen (secondary N) is 1. The van der Waals surface area contributed by atoms with Crippen LogP contribution < -0.4 is 5.32 Å². The number of aliphatic hydroxyl groups is 1. The van der Waals surface area contributed by atoms with Gasteiger partial charge in [-0.2, -0.15) is 0 Å². The molecule has 134 valence electrons. The van der Waals surface area contributed by atoms with Crippen molar-refractivity contribution in [1.29, 1.82) is 0 Å². The highest BCUT2D eigenvalue weighted by Crippen LogP contribution is 2.21. The van der Waals surface area contributed by atoms with Gasteiger partial charge in [0.1, 0.15) is 0 Å². The molecule has 0 radical (unpaired) electrons. The molecule has 2 aromatic rings. The molecule has 0 amide bonds. The number of aliphatic hydroxyl groups excluding tert-OH is 1. The lowest BCUT2D eigenvalue weighted by Crippen LogP contribution is -2.44. The highest BCUT2D eigenvalue weighted by molar-refractivity contribution is 5.62. The van der Waals surface area contributed by atoms with Crippen LogP contribution in [0.5, 0.6) is 0 Å². The average molecular weight is 341 g/mol. The summed E-state index contributed by atoms with van der Waals surface area (Å²) >= 11 is 0. The van der Waals surface area contributed by atoms with Crippen LogP contribution >= 0.6 is 0 Å². The van der Waals surface area contributed by atoms with E-state index in [1.807, 2.05) is 12.3 Å². The quantitative estimate of drug-likeness (QED) is 0.808. The fourth-order valence-electron chi connectivity index (χ4n) is 3.07. The number of hydrogen-bond acceptors (Lipinski definition) is 5. The Morgan fingerprint density at radius 3 is 2.60 bits per heavy atom. The summed E-state index contributed by atoms with van der Waals surface area (Å²) in [6.45, 7) is 6.75. The van der Waals surface area contributed by atoms with Crippen molar-refractivity contribution < 1.29 is 9.84 Å². The van der Waals surface area contributed by atoms with Crippen molar-refractivity contribution in [2.75, 3.05) is 39.4 Å². The van der Waals surface area contributed by atoms with Gasteiger partial charge in [-0.05, 0) is 29.7 Å². The molecule has 0 bridgehead atoms. The van der Waals surface area contributed by atoms with Gasteiger partial charge in [-0.25, -0.2) is 0 Å². The summed E-state index contributed by atoms with van der Waals surface area (Å²) in [7, 11) is 0. The second-order valence-electron chi connectivity index (χ2n) is 6.56. The lowest BCUT2D eigenvalue weighted by Gasteiger charge is -2.29. The van der Waals surface area contributed by atoms with Gasteiger partial charge in [0.2, 0.25) is 0 Å². The Labute approximate surface area is 149 Å². The zero-order valence-electron chi connectivity index (χ0n) is 14.8. The van der Waals surface area contributed by atoms with Gasteiger partial charge in [-0.1, -0.05) is 30.3 Å². The number of aromatic nitrogens is 1. The van der Waals surface area contributed by atoms with Gasteiger partial charge in [-0.3, -0.25) is 9.88 Å². The lowest BCUT2D eigenvalue weighted by atomic mass is 10.0. The third-order valence-corrected chi connectivity index (χ3v) is 4.64. The summed E-state index contributed by atoms with van der Waals surface area (Å²) in [5.41, 5.74) is 3.50. The maximum absolute atomic E-state index is 10.2. The molecule has 0 saturated carbocycles. The van der Waals surface area contributed by atoms with E-state index in [-0.39, 0.29) is 12.1 Å². The van der Waals surface area contributed by atoms with Gasteiger partial charge in [0, 0.05) is 44.6 Å². The Balaban J connectivity index is 1.48. The minimum atomic E-state index is -0.366. The van der Waals surface area contributed by atoms with Crippen molar-refractivity contribution in [2.45, 2.75) is 19.1 Å². The van der Waals surface area contributed by atoms with Gasteiger partial charge in [-0.15, -0.1) is 0 Å². The van der Waals surface area contributed by atoms with E-state index >= 15 is 0 Å². The van der Waals surface area contributed by atoms with E-state index in [9.17, 15) is 5.11 Å². The Hall–Kier alpha value is -1.79. The molecule has 25 heavy (non-hydrogen) atoms. The third kappa shape index (κ3) is 5.34. The number of benzene rings is 1. The maximum Gasteiger partial charge on any atom is 0.0791 e. The summed E-state index contributed by atoms with van der Waals surface area (Å²) in [5, 5.41) is 13.7. The van der Waals surface area contributed by atoms with Crippen LogP contribution in [0.25, 0.3) is 11.1 Å². The number of pyridine rings is 1. The molecule has 5 nitrogen and oxygen atoms in total. The molecule has 2 atom stereocenters. The number of β-amino-alcohol motifs (C(OH)–C–C–N with tert-alkyl or cyclic N) is 1. The molecule has 2 unspecified atom stereocenters. The van der Waals surface area contributed by atoms with E-state index in [0.29, 0.717) is 13.1 Å². The summed E-state index contributed by atoms with van der Waals surface area (Å²) in [5.74, 6) is 0. The predicted octanol–water partition coefficient (Wildman–Crippen LogP) is 2.09. The number of nitrogens with zero attached hydrogens (tertiary/aromatic N) is 2. The molecule has 1 aliphatic rings. The monoisotopic (exact) mass is 341 g/mol. The summed E-state index contributed by atoms with van der Waals surface area (Å²) in [6, 6.07) is 12.7. The molecule has 2 N–H and O–H groups in total. The molecule has 0 aliphatic carbocycles.